The SMILES string of the molecule is COc1ccc(NC(=O)CNc2cccc(Cl)c2S(=O)(=O)c2ccccc2)cc1OC. The lowest BCUT2D eigenvalue weighted by Gasteiger charge is -2.15. The maximum Gasteiger partial charge on any atom is 0.243 e. The molecule has 0 atom stereocenters. The monoisotopic (exact) mass is 460 g/mol. The average Bonchev–Trinajstić information content (AvgIpc) is 2.78. The highest BCUT2D eigenvalue weighted by Gasteiger charge is 2.24. The molecular formula is C22H21ClN2O5S. The Morgan fingerprint density at radius 3 is 2.32 bits per heavy atom. The first-order valence-corrected chi connectivity index (χ1v) is 11.1. The Balaban J connectivity index is 1.79. The number of amides is 1. The van der Waals surface area contributed by atoms with Crippen LogP contribution in [0.25, 0.3) is 0 Å². The first-order valence-electron chi connectivity index (χ1n) is 9.21. The van der Waals surface area contributed by atoms with Gasteiger partial charge < -0.3 is 20.1 Å². The number of hydrogen-bond acceptors (Lipinski definition) is 6. The molecule has 0 saturated heterocycles. The molecule has 0 bridgehead atoms. The second-order valence-corrected chi connectivity index (χ2v) is 8.70. The smallest absolute Gasteiger partial charge is 0.243 e. The molecule has 0 aliphatic rings. The van der Waals surface area contributed by atoms with Gasteiger partial charge in [0, 0.05) is 11.8 Å². The Labute approximate surface area is 185 Å². The summed E-state index contributed by atoms with van der Waals surface area (Å²) in [6.45, 7) is -0.175. The number of methoxy groups -OCH3 is 2. The second kappa shape index (κ2) is 9.72. The summed E-state index contributed by atoms with van der Waals surface area (Å²) >= 11 is 6.23. The van der Waals surface area contributed by atoms with Crippen molar-refractivity contribution >= 4 is 38.7 Å². The number of ether oxygens (including phenoxy) is 2. The number of anilines is 2. The number of carbonyl (C=O) groups excluding carboxylic acids is 1. The van der Waals surface area contributed by atoms with E-state index in [1.165, 1.54) is 32.4 Å². The summed E-state index contributed by atoms with van der Waals surface area (Å²) in [6.07, 6.45) is 0. The minimum atomic E-state index is -3.88. The summed E-state index contributed by atoms with van der Waals surface area (Å²) in [5, 5.41) is 5.66. The summed E-state index contributed by atoms with van der Waals surface area (Å²) in [4.78, 5) is 12.5. The molecule has 0 spiro atoms. The lowest BCUT2D eigenvalue weighted by molar-refractivity contribution is -0.114. The molecule has 0 saturated carbocycles. The third kappa shape index (κ3) is 5.10. The van der Waals surface area contributed by atoms with Crippen LogP contribution in [0.15, 0.2) is 76.5 Å². The molecule has 0 aliphatic heterocycles. The van der Waals surface area contributed by atoms with Crippen molar-refractivity contribution in [2.45, 2.75) is 9.79 Å². The van der Waals surface area contributed by atoms with Crippen LogP contribution in [0.4, 0.5) is 11.4 Å². The minimum Gasteiger partial charge on any atom is -0.493 e. The molecular weight excluding hydrogens is 440 g/mol. The normalized spacial score (nSPS) is 10.9. The quantitative estimate of drug-likeness (QED) is 0.522. The Morgan fingerprint density at radius 1 is 0.935 bits per heavy atom. The van der Waals surface area contributed by atoms with Crippen LogP contribution in [-0.4, -0.2) is 35.1 Å². The Kier molecular flexibility index (Phi) is 7.04. The maximum absolute atomic E-state index is 13.1. The van der Waals surface area contributed by atoms with E-state index in [1.54, 1.807) is 48.5 Å². The molecule has 162 valence electrons. The summed E-state index contributed by atoms with van der Waals surface area (Å²) in [5.41, 5.74) is 0.742. The van der Waals surface area contributed by atoms with Crippen LogP contribution in [-0.2, 0) is 14.6 Å². The lowest BCUT2D eigenvalue weighted by atomic mass is 10.2. The van der Waals surface area contributed by atoms with E-state index < -0.39 is 9.84 Å². The van der Waals surface area contributed by atoms with Gasteiger partial charge in [0.1, 0.15) is 4.90 Å². The van der Waals surface area contributed by atoms with Crippen LogP contribution in [0, 0.1) is 0 Å². The summed E-state index contributed by atoms with van der Waals surface area (Å²) in [7, 11) is -0.862. The molecule has 0 aromatic heterocycles. The molecule has 3 rings (SSSR count). The van der Waals surface area contributed by atoms with Crippen molar-refractivity contribution in [3.05, 3.63) is 71.8 Å². The zero-order valence-corrected chi connectivity index (χ0v) is 18.5. The van der Waals surface area contributed by atoms with E-state index in [0.717, 1.165) is 0 Å². The van der Waals surface area contributed by atoms with Crippen molar-refractivity contribution in [2.75, 3.05) is 31.4 Å². The minimum absolute atomic E-state index is 0.0640. The van der Waals surface area contributed by atoms with Crippen LogP contribution in [0.1, 0.15) is 0 Å². The fourth-order valence-electron chi connectivity index (χ4n) is 2.93. The van der Waals surface area contributed by atoms with Gasteiger partial charge in [-0.1, -0.05) is 35.9 Å². The highest BCUT2D eigenvalue weighted by Crippen LogP contribution is 2.34. The standard InChI is InChI=1S/C22H21ClN2O5S/c1-29-19-12-11-15(13-20(19)30-2)25-21(26)14-24-18-10-6-9-17(23)22(18)31(27,28)16-7-4-3-5-8-16/h3-13,24H,14H2,1-2H3,(H,25,26). The van der Waals surface area contributed by atoms with E-state index >= 15 is 0 Å². The first kappa shape index (κ1) is 22.5. The van der Waals surface area contributed by atoms with Crippen LogP contribution in [0.5, 0.6) is 11.5 Å². The van der Waals surface area contributed by atoms with Crippen LogP contribution >= 0.6 is 11.6 Å². The highest BCUT2D eigenvalue weighted by atomic mass is 35.5. The molecule has 7 nitrogen and oxygen atoms in total. The topological polar surface area (TPSA) is 93.7 Å². The molecule has 0 radical (unpaired) electrons. The maximum atomic E-state index is 13.1. The van der Waals surface area contributed by atoms with Crippen LogP contribution < -0.4 is 20.1 Å². The van der Waals surface area contributed by atoms with Gasteiger partial charge in [0.15, 0.2) is 11.5 Å². The average molecular weight is 461 g/mol. The fourth-order valence-corrected chi connectivity index (χ4v) is 4.92. The zero-order valence-electron chi connectivity index (χ0n) is 16.9. The molecule has 0 fully saturated rings. The Bertz CT molecular complexity index is 1180. The van der Waals surface area contributed by atoms with Gasteiger partial charge in [-0.15, -0.1) is 0 Å². The summed E-state index contributed by atoms with van der Waals surface area (Å²) in [6, 6.07) is 17.6. The molecule has 9 heteroatoms. The summed E-state index contributed by atoms with van der Waals surface area (Å²) in [5.74, 6) is 0.628. The molecule has 0 heterocycles. The molecule has 1 amide bonds. The van der Waals surface area contributed by atoms with Gasteiger partial charge >= 0.3 is 0 Å². The molecule has 0 unspecified atom stereocenters. The lowest BCUT2D eigenvalue weighted by Crippen LogP contribution is -2.22. The number of benzene rings is 3. The third-order valence-corrected chi connectivity index (χ3v) is 6.69. The van der Waals surface area contributed by atoms with Crippen molar-refractivity contribution in [3.63, 3.8) is 0 Å². The third-order valence-electron chi connectivity index (χ3n) is 4.40. The van der Waals surface area contributed by atoms with E-state index in [2.05, 4.69) is 10.6 Å². The number of nitrogens with one attached hydrogen (secondary N) is 2. The van der Waals surface area contributed by atoms with Gasteiger partial charge in [-0.05, 0) is 36.4 Å². The van der Waals surface area contributed by atoms with Crippen LogP contribution in [0.2, 0.25) is 5.02 Å². The molecule has 2 N–H and O–H groups in total. The van der Waals surface area contributed by atoms with E-state index in [4.69, 9.17) is 21.1 Å². The Morgan fingerprint density at radius 2 is 1.65 bits per heavy atom. The Hall–Kier alpha value is -3.23. The predicted molar refractivity (Wildman–Crippen MR) is 120 cm³/mol. The largest absolute Gasteiger partial charge is 0.493 e. The van der Waals surface area contributed by atoms with E-state index in [-0.39, 0.29) is 33.0 Å². The van der Waals surface area contributed by atoms with Crippen molar-refractivity contribution in [1.82, 2.24) is 0 Å². The molecule has 3 aromatic carbocycles. The van der Waals surface area contributed by atoms with Crippen molar-refractivity contribution < 1.29 is 22.7 Å². The van der Waals surface area contributed by atoms with E-state index in [0.29, 0.717) is 17.2 Å². The number of hydrogen-bond donors (Lipinski definition) is 2. The second-order valence-electron chi connectivity index (χ2n) is 6.40. The van der Waals surface area contributed by atoms with E-state index in [1.807, 2.05) is 0 Å². The highest BCUT2D eigenvalue weighted by molar-refractivity contribution is 7.91. The van der Waals surface area contributed by atoms with Gasteiger partial charge in [0.05, 0.1) is 36.4 Å². The van der Waals surface area contributed by atoms with Crippen LogP contribution in [0.3, 0.4) is 0 Å². The van der Waals surface area contributed by atoms with Gasteiger partial charge in [-0.25, -0.2) is 8.42 Å². The van der Waals surface area contributed by atoms with Gasteiger partial charge in [-0.3, -0.25) is 4.79 Å². The van der Waals surface area contributed by atoms with Crippen molar-refractivity contribution in [3.8, 4) is 11.5 Å². The zero-order chi connectivity index (χ0) is 22.4. The van der Waals surface area contributed by atoms with Gasteiger partial charge in [0.2, 0.25) is 15.7 Å². The fraction of sp³-hybridized carbons (Fsp3) is 0.136. The predicted octanol–water partition coefficient (Wildman–Crippen LogP) is 4.24. The van der Waals surface area contributed by atoms with E-state index in [9.17, 15) is 13.2 Å². The number of carbonyl (C=O) groups is 1. The van der Waals surface area contributed by atoms with Crippen molar-refractivity contribution in [1.29, 1.82) is 0 Å². The number of sulfone groups is 1. The first-order chi connectivity index (χ1) is 14.9. The summed E-state index contributed by atoms with van der Waals surface area (Å²) < 4.78 is 36.6. The molecule has 31 heavy (non-hydrogen) atoms. The van der Waals surface area contributed by atoms with Gasteiger partial charge in [0.25, 0.3) is 0 Å². The molecule has 0 aliphatic carbocycles. The number of rotatable bonds is 8. The molecule has 3 aromatic rings. The number of halogens is 1. The van der Waals surface area contributed by atoms with Crippen molar-refractivity contribution in [2.24, 2.45) is 0 Å². The van der Waals surface area contributed by atoms with Gasteiger partial charge in [-0.2, -0.15) is 0 Å².